The van der Waals surface area contributed by atoms with Gasteiger partial charge in [0.25, 0.3) is 0 Å². The van der Waals surface area contributed by atoms with Gasteiger partial charge in [-0.1, -0.05) is 12.8 Å². The van der Waals surface area contributed by atoms with E-state index < -0.39 is 0 Å². The molecule has 2 atom stereocenters. The van der Waals surface area contributed by atoms with Crippen LogP contribution in [0.4, 0.5) is 0 Å². The van der Waals surface area contributed by atoms with Crippen LogP contribution in [-0.2, 0) is 28.7 Å². The zero-order chi connectivity index (χ0) is 20.8. The SMILES string of the molecule is CCOC(=O)CCC1CCCCC1=O.CCOC(=O)CCC1CCCCC1=O. The average Bonchev–Trinajstić information content (AvgIpc) is 2.68. The van der Waals surface area contributed by atoms with Crippen LogP contribution in [0.5, 0.6) is 0 Å². The van der Waals surface area contributed by atoms with Crippen molar-refractivity contribution < 1.29 is 28.7 Å². The van der Waals surface area contributed by atoms with E-state index in [4.69, 9.17) is 9.47 Å². The predicted molar refractivity (Wildman–Crippen MR) is 106 cm³/mol. The number of esters is 2. The van der Waals surface area contributed by atoms with Crippen molar-refractivity contribution in [3.8, 4) is 0 Å². The summed E-state index contributed by atoms with van der Waals surface area (Å²) in [5.41, 5.74) is 0. The quantitative estimate of drug-likeness (QED) is 0.572. The zero-order valence-corrected chi connectivity index (χ0v) is 17.5. The number of carbonyl (C=O) groups is 4. The standard InChI is InChI=1S/2C11H18O3/c2*1-2-14-11(13)8-7-9-5-3-4-6-10(9)12/h2*9H,2-8H2,1H3. The first kappa shape index (κ1) is 24.3. The lowest BCUT2D eigenvalue weighted by Gasteiger charge is -2.19. The monoisotopic (exact) mass is 396 g/mol. The molecule has 0 amide bonds. The van der Waals surface area contributed by atoms with E-state index in [0.717, 1.165) is 38.5 Å². The molecule has 2 saturated carbocycles. The Bertz CT molecular complexity index is 467. The van der Waals surface area contributed by atoms with E-state index in [1.54, 1.807) is 13.8 Å². The van der Waals surface area contributed by atoms with E-state index in [1.807, 2.05) is 0 Å². The van der Waals surface area contributed by atoms with Gasteiger partial charge in [-0.2, -0.15) is 0 Å². The molecule has 0 aromatic rings. The molecule has 2 unspecified atom stereocenters. The maximum atomic E-state index is 11.4. The molecule has 2 fully saturated rings. The molecule has 2 aliphatic carbocycles. The van der Waals surface area contributed by atoms with Gasteiger partial charge in [0.1, 0.15) is 11.6 Å². The van der Waals surface area contributed by atoms with Gasteiger partial charge in [0.15, 0.2) is 0 Å². The van der Waals surface area contributed by atoms with Crippen molar-refractivity contribution >= 4 is 23.5 Å². The summed E-state index contributed by atoms with van der Waals surface area (Å²) in [5, 5.41) is 0. The Morgan fingerprint density at radius 1 is 0.750 bits per heavy atom. The van der Waals surface area contributed by atoms with Gasteiger partial charge in [-0.05, 0) is 52.4 Å². The summed E-state index contributed by atoms with van der Waals surface area (Å²) in [6, 6.07) is 0. The lowest BCUT2D eigenvalue weighted by Crippen LogP contribution is -2.20. The molecule has 0 N–H and O–H groups in total. The summed E-state index contributed by atoms with van der Waals surface area (Å²) < 4.78 is 9.64. The summed E-state index contributed by atoms with van der Waals surface area (Å²) in [4.78, 5) is 44.9. The highest BCUT2D eigenvalue weighted by atomic mass is 16.5. The van der Waals surface area contributed by atoms with Gasteiger partial charge in [0.05, 0.1) is 13.2 Å². The van der Waals surface area contributed by atoms with Crippen LogP contribution in [0.1, 0.15) is 90.9 Å². The number of ketones is 2. The normalized spacial score (nSPS) is 22.1. The molecule has 160 valence electrons. The first-order valence-electron chi connectivity index (χ1n) is 10.8. The highest BCUT2D eigenvalue weighted by Crippen LogP contribution is 2.25. The second-order valence-corrected chi connectivity index (χ2v) is 7.51. The van der Waals surface area contributed by atoms with Crippen LogP contribution in [0.25, 0.3) is 0 Å². The lowest BCUT2D eigenvalue weighted by atomic mass is 9.85. The molecule has 0 aliphatic heterocycles. The van der Waals surface area contributed by atoms with Crippen LogP contribution in [0.2, 0.25) is 0 Å². The number of Topliss-reactive ketones (excluding diaryl/α,β-unsaturated/α-hetero) is 2. The van der Waals surface area contributed by atoms with Gasteiger partial charge >= 0.3 is 11.9 Å². The molecule has 2 rings (SSSR count). The van der Waals surface area contributed by atoms with Crippen LogP contribution in [0.3, 0.4) is 0 Å². The highest BCUT2D eigenvalue weighted by Gasteiger charge is 2.23. The molecule has 0 heterocycles. The van der Waals surface area contributed by atoms with Gasteiger partial charge in [-0.3, -0.25) is 19.2 Å². The summed E-state index contributed by atoms with van der Waals surface area (Å²) in [7, 11) is 0. The van der Waals surface area contributed by atoms with Crippen LogP contribution in [0, 0.1) is 11.8 Å². The molecule has 2 aliphatic rings. The summed E-state index contributed by atoms with van der Waals surface area (Å²) in [6.07, 6.45) is 9.75. The largest absolute Gasteiger partial charge is 0.466 e. The molecule has 0 bridgehead atoms. The second-order valence-electron chi connectivity index (χ2n) is 7.51. The number of hydrogen-bond donors (Lipinski definition) is 0. The van der Waals surface area contributed by atoms with E-state index in [1.165, 1.54) is 0 Å². The van der Waals surface area contributed by atoms with Crippen molar-refractivity contribution in [2.45, 2.75) is 90.9 Å². The Hall–Kier alpha value is -1.72. The van der Waals surface area contributed by atoms with E-state index in [0.29, 0.717) is 63.3 Å². The molecule has 6 heteroatoms. The third-order valence-corrected chi connectivity index (χ3v) is 5.37. The van der Waals surface area contributed by atoms with E-state index >= 15 is 0 Å². The van der Waals surface area contributed by atoms with E-state index in [2.05, 4.69) is 0 Å². The van der Waals surface area contributed by atoms with Crippen LogP contribution in [-0.4, -0.2) is 36.7 Å². The molecule has 0 spiro atoms. The molecule has 0 radical (unpaired) electrons. The minimum Gasteiger partial charge on any atom is -0.466 e. The maximum Gasteiger partial charge on any atom is 0.305 e. The number of carbonyl (C=O) groups excluding carboxylic acids is 4. The van der Waals surface area contributed by atoms with Crippen molar-refractivity contribution in [1.29, 1.82) is 0 Å². The summed E-state index contributed by atoms with van der Waals surface area (Å²) in [6.45, 7) is 4.45. The van der Waals surface area contributed by atoms with Gasteiger partial charge in [0, 0.05) is 37.5 Å². The van der Waals surface area contributed by atoms with Crippen LogP contribution < -0.4 is 0 Å². The predicted octanol–water partition coefficient (Wildman–Crippen LogP) is 4.18. The average molecular weight is 397 g/mol. The molecule has 28 heavy (non-hydrogen) atoms. The van der Waals surface area contributed by atoms with Gasteiger partial charge in [-0.25, -0.2) is 0 Å². The Balaban J connectivity index is 0.000000280. The van der Waals surface area contributed by atoms with Crippen LogP contribution >= 0.6 is 0 Å². The Kier molecular flexibility index (Phi) is 12.4. The second kappa shape index (κ2) is 14.3. The van der Waals surface area contributed by atoms with Gasteiger partial charge in [0.2, 0.25) is 0 Å². The van der Waals surface area contributed by atoms with E-state index in [9.17, 15) is 19.2 Å². The molecule has 0 aromatic carbocycles. The van der Waals surface area contributed by atoms with Gasteiger partial charge < -0.3 is 9.47 Å². The molecule has 0 aromatic heterocycles. The molecule has 6 nitrogen and oxygen atoms in total. The lowest BCUT2D eigenvalue weighted by molar-refractivity contribution is -0.144. The van der Waals surface area contributed by atoms with Crippen molar-refractivity contribution in [1.82, 2.24) is 0 Å². The molecular weight excluding hydrogens is 360 g/mol. The van der Waals surface area contributed by atoms with Crippen LogP contribution in [0.15, 0.2) is 0 Å². The molecular formula is C22H36O6. The fourth-order valence-electron chi connectivity index (χ4n) is 3.77. The number of rotatable bonds is 8. The van der Waals surface area contributed by atoms with Gasteiger partial charge in [-0.15, -0.1) is 0 Å². The smallest absolute Gasteiger partial charge is 0.305 e. The maximum absolute atomic E-state index is 11.4. The first-order chi connectivity index (χ1) is 13.5. The van der Waals surface area contributed by atoms with Crippen molar-refractivity contribution in [3.05, 3.63) is 0 Å². The fourth-order valence-corrected chi connectivity index (χ4v) is 3.77. The Morgan fingerprint density at radius 2 is 1.14 bits per heavy atom. The summed E-state index contributed by atoms with van der Waals surface area (Å²) in [5.74, 6) is 0.555. The Labute approximate surface area is 168 Å². The third-order valence-electron chi connectivity index (χ3n) is 5.37. The fraction of sp³-hybridized carbons (Fsp3) is 0.818. The minimum absolute atomic E-state index is 0.119. The van der Waals surface area contributed by atoms with E-state index in [-0.39, 0.29) is 23.8 Å². The number of hydrogen-bond acceptors (Lipinski definition) is 6. The Morgan fingerprint density at radius 3 is 1.46 bits per heavy atom. The number of ether oxygens (including phenoxy) is 2. The highest BCUT2D eigenvalue weighted by molar-refractivity contribution is 5.82. The third kappa shape index (κ3) is 10.00. The van der Waals surface area contributed by atoms with Crippen molar-refractivity contribution in [3.63, 3.8) is 0 Å². The zero-order valence-electron chi connectivity index (χ0n) is 17.5. The topological polar surface area (TPSA) is 86.7 Å². The van der Waals surface area contributed by atoms with Crippen molar-refractivity contribution in [2.24, 2.45) is 11.8 Å². The minimum atomic E-state index is -0.175. The summed E-state index contributed by atoms with van der Waals surface area (Å²) >= 11 is 0. The first-order valence-corrected chi connectivity index (χ1v) is 10.8. The van der Waals surface area contributed by atoms with Crippen molar-refractivity contribution in [2.75, 3.05) is 13.2 Å². The molecule has 0 saturated heterocycles.